The van der Waals surface area contributed by atoms with Crippen LogP contribution in [0.3, 0.4) is 0 Å². The monoisotopic (exact) mass is 499 g/mol. The van der Waals surface area contributed by atoms with E-state index in [1.54, 1.807) is 0 Å². The first kappa shape index (κ1) is 22.0. The quantitative estimate of drug-likeness (QED) is 0.272. The molecule has 2 heterocycles. The van der Waals surface area contributed by atoms with E-state index < -0.39 is 42.9 Å². The molecule has 0 radical (unpaired) electrons. The highest BCUT2D eigenvalue weighted by molar-refractivity contribution is 14.1. The van der Waals surface area contributed by atoms with Gasteiger partial charge in [-0.3, -0.25) is 9.88 Å². The van der Waals surface area contributed by atoms with Crippen molar-refractivity contribution in [3.8, 4) is 0 Å². The highest BCUT2D eigenvalue weighted by atomic mass is 127. The molecule has 152 valence electrons. The van der Waals surface area contributed by atoms with Gasteiger partial charge in [0.05, 0.1) is 16.8 Å². The lowest BCUT2D eigenvalue weighted by atomic mass is 10.1. The summed E-state index contributed by atoms with van der Waals surface area (Å²) in [6, 6.07) is 0. The molecule has 0 aliphatic carbocycles. The van der Waals surface area contributed by atoms with Gasteiger partial charge >= 0.3 is 11.8 Å². The van der Waals surface area contributed by atoms with E-state index in [9.17, 15) is 19.8 Å². The Balaban J connectivity index is 2.02. The fourth-order valence-electron chi connectivity index (χ4n) is 2.43. The maximum atomic E-state index is 12.2. The molecule has 1 unspecified atom stereocenters. The van der Waals surface area contributed by atoms with Gasteiger partial charge in [0.2, 0.25) is 0 Å². The molecule has 0 spiro atoms. The van der Waals surface area contributed by atoms with Gasteiger partial charge in [0, 0.05) is 25.8 Å². The SMILES string of the molecule is CCOCCCOC(=O)Nc1nc(=O)n(C2O[C@H](CO)[C@@H](O)[C@H]2O)cc1I. The highest BCUT2D eigenvalue weighted by Crippen LogP contribution is 2.28. The molecular weight excluding hydrogens is 477 g/mol. The van der Waals surface area contributed by atoms with E-state index in [1.807, 2.05) is 29.5 Å². The Bertz CT molecular complexity index is 700. The lowest BCUT2D eigenvalue weighted by Crippen LogP contribution is -2.36. The van der Waals surface area contributed by atoms with Crippen LogP contribution in [0, 0.1) is 3.57 Å². The zero-order valence-corrected chi connectivity index (χ0v) is 16.7. The third-order valence-electron chi connectivity index (χ3n) is 3.79. The van der Waals surface area contributed by atoms with Crippen LogP contribution in [0.5, 0.6) is 0 Å². The molecule has 1 amide bonds. The van der Waals surface area contributed by atoms with E-state index in [-0.39, 0.29) is 12.4 Å². The summed E-state index contributed by atoms with van der Waals surface area (Å²) in [5.41, 5.74) is -0.808. The number of halogens is 1. The number of anilines is 1. The molecule has 4 atom stereocenters. The average molecular weight is 499 g/mol. The number of aliphatic hydroxyl groups excluding tert-OH is 3. The molecule has 1 fully saturated rings. The van der Waals surface area contributed by atoms with Gasteiger partial charge in [-0.1, -0.05) is 0 Å². The normalized spacial score (nSPS) is 24.8. The first-order valence-corrected chi connectivity index (χ1v) is 9.39. The topological polar surface area (TPSA) is 152 Å². The molecule has 27 heavy (non-hydrogen) atoms. The largest absolute Gasteiger partial charge is 0.449 e. The van der Waals surface area contributed by atoms with Crippen molar-refractivity contribution >= 4 is 34.5 Å². The van der Waals surface area contributed by atoms with E-state index in [0.717, 1.165) is 4.57 Å². The number of carbonyl (C=O) groups is 1. The van der Waals surface area contributed by atoms with Crippen molar-refractivity contribution < 1.29 is 34.3 Å². The summed E-state index contributed by atoms with van der Waals surface area (Å²) in [4.78, 5) is 27.8. The van der Waals surface area contributed by atoms with Crippen LogP contribution in [0.2, 0.25) is 0 Å². The third kappa shape index (κ3) is 5.58. The van der Waals surface area contributed by atoms with Crippen LogP contribution in [-0.4, -0.2) is 75.7 Å². The molecular formula is C15H22IN3O8. The molecule has 1 aromatic heterocycles. The van der Waals surface area contributed by atoms with Crippen LogP contribution >= 0.6 is 22.6 Å². The molecule has 4 N–H and O–H groups in total. The molecule has 11 nitrogen and oxygen atoms in total. The molecule has 2 rings (SSSR count). The zero-order valence-electron chi connectivity index (χ0n) is 14.6. The maximum absolute atomic E-state index is 12.2. The van der Waals surface area contributed by atoms with Crippen molar-refractivity contribution in [2.75, 3.05) is 31.7 Å². The summed E-state index contributed by atoms with van der Waals surface area (Å²) in [6.45, 7) is 2.56. The fourth-order valence-corrected chi connectivity index (χ4v) is 2.98. The summed E-state index contributed by atoms with van der Waals surface area (Å²) < 4.78 is 16.8. The minimum Gasteiger partial charge on any atom is -0.449 e. The fraction of sp³-hybridized carbons (Fsp3) is 0.667. The number of amides is 1. The molecule has 0 bridgehead atoms. The summed E-state index contributed by atoms with van der Waals surface area (Å²) in [5.74, 6) is -0.00148. The third-order valence-corrected chi connectivity index (χ3v) is 4.58. The van der Waals surface area contributed by atoms with E-state index in [4.69, 9.17) is 19.3 Å². The molecule has 0 aromatic carbocycles. The number of ether oxygens (including phenoxy) is 3. The van der Waals surface area contributed by atoms with Crippen LogP contribution in [0.4, 0.5) is 10.6 Å². The predicted molar refractivity (Wildman–Crippen MR) is 100 cm³/mol. The van der Waals surface area contributed by atoms with Crippen LogP contribution in [0.25, 0.3) is 0 Å². The Morgan fingerprint density at radius 2 is 2.15 bits per heavy atom. The van der Waals surface area contributed by atoms with E-state index >= 15 is 0 Å². The second-order valence-electron chi connectivity index (χ2n) is 5.67. The van der Waals surface area contributed by atoms with Crippen molar-refractivity contribution in [1.82, 2.24) is 9.55 Å². The van der Waals surface area contributed by atoms with Gasteiger partial charge in [0.1, 0.15) is 18.3 Å². The van der Waals surface area contributed by atoms with E-state index in [1.165, 1.54) is 6.20 Å². The predicted octanol–water partition coefficient (Wildman–Crippen LogP) is -0.565. The number of hydrogen-bond acceptors (Lipinski definition) is 9. The Morgan fingerprint density at radius 3 is 2.78 bits per heavy atom. The minimum atomic E-state index is -1.41. The second kappa shape index (κ2) is 10.3. The van der Waals surface area contributed by atoms with Crippen molar-refractivity contribution in [2.45, 2.75) is 37.9 Å². The van der Waals surface area contributed by atoms with E-state index in [0.29, 0.717) is 23.2 Å². The lowest BCUT2D eigenvalue weighted by molar-refractivity contribution is -0.0550. The molecule has 1 saturated heterocycles. The average Bonchev–Trinajstić information content (AvgIpc) is 2.92. The number of hydrogen-bond donors (Lipinski definition) is 4. The number of rotatable bonds is 8. The van der Waals surface area contributed by atoms with Gasteiger partial charge in [-0.2, -0.15) is 4.98 Å². The summed E-state index contributed by atoms with van der Waals surface area (Å²) in [6.07, 6.45) is -3.87. The minimum absolute atomic E-state index is 0.00148. The molecule has 1 aliphatic rings. The van der Waals surface area contributed by atoms with Crippen LogP contribution in [0.1, 0.15) is 19.6 Å². The molecule has 12 heteroatoms. The van der Waals surface area contributed by atoms with Gasteiger partial charge < -0.3 is 29.5 Å². The zero-order chi connectivity index (χ0) is 20.0. The Morgan fingerprint density at radius 1 is 1.41 bits per heavy atom. The summed E-state index contributed by atoms with van der Waals surface area (Å²) in [7, 11) is 0. The standard InChI is InChI=1S/C15H22IN3O8/c1-2-25-4-3-5-26-15(24)18-12-8(16)6-19(14(23)17-12)13-11(22)10(21)9(7-20)27-13/h6,9-11,13,20-22H,2-5,7H2,1H3,(H,17,18,23,24)/t9-,10-,11-,13?/m1/s1. The van der Waals surface area contributed by atoms with Crippen LogP contribution < -0.4 is 11.0 Å². The number of nitrogens with one attached hydrogen (secondary N) is 1. The summed E-state index contributed by atoms with van der Waals surface area (Å²) in [5, 5.41) is 31.3. The first-order chi connectivity index (χ1) is 12.9. The van der Waals surface area contributed by atoms with Crippen LogP contribution in [0.15, 0.2) is 11.0 Å². The smallest absolute Gasteiger partial charge is 0.412 e. The maximum Gasteiger partial charge on any atom is 0.412 e. The van der Waals surface area contributed by atoms with Crippen molar-refractivity contribution in [3.05, 3.63) is 20.3 Å². The van der Waals surface area contributed by atoms with Crippen LogP contribution in [-0.2, 0) is 14.2 Å². The second-order valence-corrected chi connectivity index (χ2v) is 6.83. The Hall–Kier alpha value is -1.32. The van der Waals surface area contributed by atoms with Crippen molar-refractivity contribution in [1.29, 1.82) is 0 Å². The number of nitrogens with zero attached hydrogens (tertiary/aromatic N) is 2. The van der Waals surface area contributed by atoms with Gasteiger partial charge in [-0.05, 0) is 29.5 Å². The Kier molecular flexibility index (Phi) is 8.37. The molecule has 1 aromatic rings. The molecule has 1 aliphatic heterocycles. The lowest BCUT2D eigenvalue weighted by Gasteiger charge is -2.18. The van der Waals surface area contributed by atoms with Gasteiger partial charge in [0.15, 0.2) is 12.0 Å². The number of aromatic nitrogens is 2. The van der Waals surface area contributed by atoms with E-state index in [2.05, 4.69) is 10.3 Å². The van der Waals surface area contributed by atoms with Gasteiger partial charge in [-0.15, -0.1) is 0 Å². The highest BCUT2D eigenvalue weighted by Gasteiger charge is 2.43. The first-order valence-electron chi connectivity index (χ1n) is 8.31. The Labute approximate surface area is 168 Å². The summed E-state index contributed by atoms with van der Waals surface area (Å²) >= 11 is 1.84. The van der Waals surface area contributed by atoms with Gasteiger partial charge in [0.25, 0.3) is 0 Å². The molecule has 0 saturated carbocycles. The number of carbonyl (C=O) groups excluding carboxylic acids is 1. The van der Waals surface area contributed by atoms with Crippen molar-refractivity contribution in [3.63, 3.8) is 0 Å². The van der Waals surface area contributed by atoms with Crippen molar-refractivity contribution in [2.24, 2.45) is 0 Å². The van der Waals surface area contributed by atoms with Gasteiger partial charge in [-0.25, -0.2) is 9.59 Å². The number of aliphatic hydroxyl groups is 3.